The van der Waals surface area contributed by atoms with Gasteiger partial charge in [0.2, 0.25) is 0 Å². The molecule has 0 saturated carbocycles. The van der Waals surface area contributed by atoms with Crippen molar-refractivity contribution in [3.8, 4) is 6.07 Å². The monoisotopic (exact) mass is 252 g/mol. The van der Waals surface area contributed by atoms with Gasteiger partial charge in [-0.15, -0.1) is 0 Å². The largest absolute Gasteiger partial charge is 0.304 e. The van der Waals surface area contributed by atoms with Crippen LogP contribution in [0.5, 0.6) is 0 Å². The molecule has 4 heteroatoms. The molecule has 0 aliphatic carbocycles. The van der Waals surface area contributed by atoms with Gasteiger partial charge in [0.15, 0.2) is 0 Å². The normalized spacial score (nSPS) is 21.4. The molecule has 0 radical (unpaired) electrons. The average Bonchev–Trinajstić information content (AvgIpc) is 2.40. The molecule has 1 N–H and O–H groups in total. The number of nitrogens with zero attached hydrogens (tertiary/aromatic N) is 3. The number of hydrogen-bond acceptors (Lipinski definition) is 4. The first-order chi connectivity index (χ1) is 8.65. The quantitative estimate of drug-likeness (QED) is 0.741. The van der Waals surface area contributed by atoms with Gasteiger partial charge in [0.25, 0.3) is 0 Å². The molecular weight excluding hydrogens is 224 g/mol. The lowest BCUT2D eigenvalue weighted by Crippen LogP contribution is -2.46. The Bertz CT molecular complexity index is 265. The molecule has 4 nitrogen and oxygen atoms in total. The predicted octanol–water partition coefficient (Wildman–Crippen LogP) is 1.30. The minimum Gasteiger partial charge on any atom is -0.304 e. The highest BCUT2D eigenvalue weighted by atomic mass is 15.2. The van der Waals surface area contributed by atoms with Crippen LogP contribution >= 0.6 is 0 Å². The maximum Gasteiger partial charge on any atom is 0.106 e. The predicted molar refractivity (Wildman–Crippen MR) is 75.5 cm³/mol. The molecule has 0 aromatic carbocycles. The zero-order chi connectivity index (χ0) is 13.4. The molecule has 0 aromatic heterocycles. The molecule has 0 spiro atoms. The van der Waals surface area contributed by atoms with E-state index in [1.807, 2.05) is 0 Å². The molecule has 1 saturated heterocycles. The lowest BCUT2D eigenvalue weighted by molar-refractivity contribution is 0.149. The van der Waals surface area contributed by atoms with E-state index in [4.69, 9.17) is 0 Å². The first kappa shape index (κ1) is 15.4. The summed E-state index contributed by atoms with van der Waals surface area (Å²) in [5, 5.41) is 12.7. The maximum atomic E-state index is 9.35. The van der Waals surface area contributed by atoms with Crippen LogP contribution in [0, 0.1) is 11.3 Å². The van der Waals surface area contributed by atoms with E-state index in [1.54, 1.807) is 0 Å². The van der Waals surface area contributed by atoms with Crippen LogP contribution in [0.3, 0.4) is 0 Å². The minimum absolute atomic E-state index is 0.304. The Labute approximate surface area is 112 Å². The topological polar surface area (TPSA) is 42.3 Å². The highest BCUT2D eigenvalue weighted by Gasteiger charge is 2.26. The van der Waals surface area contributed by atoms with Gasteiger partial charge in [-0.05, 0) is 39.4 Å². The van der Waals surface area contributed by atoms with Crippen molar-refractivity contribution in [2.45, 2.75) is 38.6 Å². The first-order valence-electron chi connectivity index (χ1n) is 7.23. The van der Waals surface area contributed by atoms with E-state index >= 15 is 0 Å². The fourth-order valence-corrected chi connectivity index (χ4v) is 2.58. The van der Waals surface area contributed by atoms with Crippen molar-refractivity contribution in [2.75, 3.05) is 46.3 Å². The number of piperazine rings is 1. The number of nitriles is 1. The van der Waals surface area contributed by atoms with Gasteiger partial charge in [0.1, 0.15) is 5.54 Å². The van der Waals surface area contributed by atoms with Crippen LogP contribution in [-0.4, -0.2) is 61.7 Å². The van der Waals surface area contributed by atoms with Gasteiger partial charge < -0.3 is 9.80 Å². The van der Waals surface area contributed by atoms with E-state index in [2.05, 4.69) is 42.1 Å². The van der Waals surface area contributed by atoms with Crippen molar-refractivity contribution in [1.82, 2.24) is 15.1 Å². The summed E-state index contributed by atoms with van der Waals surface area (Å²) in [4.78, 5) is 4.89. The molecular formula is C14H28N4. The van der Waals surface area contributed by atoms with E-state index in [9.17, 15) is 5.26 Å². The third kappa shape index (κ3) is 4.56. The number of rotatable bonds is 7. The third-order valence-corrected chi connectivity index (χ3v) is 4.01. The van der Waals surface area contributed by atoms with Gasteiger partial charge >= 0.3 is 0 Å². The van der Waals surface area contributed by atoms with Crippen molar-refractivity contribution in [3.63, 3.8) is 0 Å². The Morgan fingerprint density at radius 3 is 2.39 bits per heavy atom. The number of nitrogens with one attached hydrogen (secondary N) is 1. The third-order valence-electron chi connectivity index (χ3n) is 4.01. The summed E-state index contributed by atoms with van der Waals surface area (Å²) in [6.07, 6.45) is 2.96. The van der Waals surface area contributed by atoms with Crippen molar-refractivity contribution < 1.29 is 0 Å². The second kappa shape index (κ2) is 7.73. The maximum absolute atomic E-state index is 9.35. The standard InChI is InChI=1S/C14H28N4/c1-4-14(13-15,16-5-2)7-6-8-18-11-9-17(3)10-12-18/h16H,4-12H2,1-3H3. The summed E-state index contributed by atoms with van der Waals surface area (Å²) in [6.45, 7) is 10.9. The summed E-state index contributed by atoms with van der Waals surface area (Å²) < 4.78 is 0. The van der Waals surface area contributed by atoms with Crippen LogP contribution in [0.25, 0.3) is 0 Å². The molecule has 1 atom stereocenters. The van der Waals surface area contributed by atoms with Crippen LogP contribution in [0.4, 0.5) is 0 Å². The lowest BCUT2D eigenvalue weighted by atomic mass is 9.92. The molecule has 1 heterocycles. The van der Waals surface area contributed by atoms with E-state index in [0.29, 0.717) is 0 Å². The first-order valence-corrected chi connectivity index (χ1v) is 7.23. The highest BCUT2D eigenvalue weighted by molar-refractivity contribution is 5.06. The summed E-state index contributed by atoms with van der Waals surface area (Å²) in [6, 6.07) is 2.47. The molecule has 1 fully saturated rings. The zero-order valence-corrected chi connectivity index (χ0v) is 12.2. The summed E-state index contributed by atoms with van der Waals surface area (Å²) in [5.74, 6) is 0. The number of hydrogen-bond donors (Lipinski definition) is 1. The van der Waals surface area contributed by atoms with Gasteiger partial charge in [-0.3, -0.25) is 5.32 Å². The smallest absolute Gasteiger partial charge is 0.106 e. The molecule has 1 unspecified atom stereocenters. The van der Waals surface area contributed by atoms with Gasteiger partial charge in [-0.25, -0.2) is 0 Å². The van der Waals surface area contributed by atoms with Crippen LogP contribution in [-0.2, 0) is 0 Å². The minimum atomic E-state index is -0.304. The molecule has 104 valence electrons. The molecule has 0 bridgehead atoms. The van der Waals surface area contributed by atoms with Crippen molar-refractivity contribution in [1.29, 1.82) is 5.26 Å². The SMILES string of the molecule is CCNC(C#N)(CC)CCCN1CCN(C)CC1. The van der Waals surface area contributed by atoms with Gasteiger partial charge in [0.05, 0.1) is 6.07 Å². The van der Waals surface area contributed by atoms with Crippen LogP contribution in [0.15, 0.2) is 0 Å². The molecule has 1 aliphatic rings. The van der Waals surface area contributed by atoms with Crippen LogP contribution in [0.1, 0.15) is 33.1 Å². The molecule has 1 aliphatic heterocycles. The highest BCUT2D eigenvalue weighted by Crippen LogP contribution is 2.17. The van der Waals surface area contributed by atoms with E-state index in [0.717, 1.165) is 32.4 Å². The fraction of sp³-hybridized carbons (Fsp3) is 0.929. The Morgan fingerprint density at radius 1 is 1.22 bits per heavy atom. The van der Waals surface area contributed by atoms with Crippen LogP contribution in [0.2, 0.25) is 0 Å². The van der Waals surface area contributed by atoms with E-state index in [-0.39, 0.29) is 5.54 Å². The second-order valence-corrected chi connectivity index (χ2v) is 5.33. The Kier molecular flexibility index (Phi) is 6.62. The Morgan fingerprint density at radius 2 is 1.89 bits per heavy atom. The molecule has 0 amide bonds. The summed E-state index contributed by atoms with van der Waals surface area (Å²) in [5.41, 5.74) is -0.304. The van der Waals surface area contributed by atoms with E-state index in [1.165, 1.54) is 26.2 Å². The summed E-state index contributed by atoms with van der Waals surface area (Å²) >= 11 is 0. The van der Waals surface area contributed by atoms with E-state index < -0.39 is 0 Å². The van der Waals surface area contributed by atoms with Crippen molar-refractivity contribution in [3.05, 3.63) is 0 Å². The van der Waals surface area contributed by atoms with Gasteiger partial charge in [-0.1, -0.05) is 13.8 Å². The zero-order valence-electron chi connectivity index (χ0n) is 12.2. The molecule has 1 rings (SSSR count). The number of likely N-dealkylation sites (N-methyl/N-ethyl adjacent to an activating group) is 1. The van der Waals surface area contributed by atoms with Gasteiger partial charge in [0, 0.05) is 26.2 Å². The van der Waals surface area contributed by atoms with Crippen LogP contribution < -0.4 is 5.32 Å². The lowest BCUT2D eigenvalue weighted by Gasteiger charge is -2.33. The molecule has 18 heavy (non-hydrogen) atoms. The Balaban J connectivity index is 2.29. The van der Waals surface area contributed by atoms with Crippen molar-refractivity contribution in [2.24, 2.45) is 0 Å². The summed E-state index contributed by atoms with van der Waals surface area (Å²) in [7, 11) is 2.18. The average molecular weight is 252 g/mol. The van der Waals surface area contributed by atoms with Gasteiger partial charge in [-0.2, -0.15) is 5.26 Å². The Hall–Kier alpha value is -0.630. The fourth-order valence-electron chi connectivity index (χ4n) is 2.58. The molecule has 0 aromatic rings. The second-order valence-electron chi connectivity index (χ2n) is 5.33. The van der Waals surface area contributed by atoms with Crippen molar-refractivity contribution >= 4 is 0 Å².